The van der Waals surface area contributed by atoms with Gasteiger partial charge in [0.05, 0.1) is 0 Å². The minimum atomic E-state index is -0.0391. The Kier molecular flexibility index (Phi) is 9.72. The van der Waals surface area contributed by atoms with Crippen molar-refractivity contribution in [1.82, 2.24) is 0 Å². The van der Waals surface area contributed by atoms with E-state index >= 15 is 0 Å². The van der Waals surface area contributed by atoms with Crippen molar-refractivity contribution in [1.29, 1.82) is 0 Å². The Morgan fingerprint density at radius 2 is 1.58 bits per heavy atom. The molecule has 0 unspecified atom stereocenters. The number of amides is 2. The van der Waals surface area contributed by atoms with Crippen molar-refractivity contribution in [3.8, 4) is 0 Å². The molecule has 0 saturated heterocycles. The van der Waals surface area contributed by atoms with Crippen LogP contribution in [-0.4, -0.2) is 45.8 Å². The molecule has 0 aliphatic heterocycles. The highest BCUT2D eigenvalue weighted by Crippen LogP contribution is 2.19. The summed E-state index contributed by atoms with van der Waals surface area (Å²) in [5.74, 6) is 0.0358. The van der Waals surface area contributed by atoms with E-state index in [1.807, 2.05) is 31.2 Å². The fourth-order valence-electron chi connectivity index (χ4n) is 2.33. The van der Waals surface area contributed by atoms with Crippen molar-refractivity contribution in [3.63, 3.8) is 0 Å². The summed E-state index contributed by atoms with van der Waals surface area (Å²) in [5.41, 5.74) is 1.56. The van der Waals surface area contributed by atoms with Crippen LogP contribution in [0.4, 0.5) is 11.4 Å². The lowest BCUT2D eigenvalue weighted by atomic mass is 10.2. The lowest BCUT2D eigenvalue weighted by Gasteiger charge is -2.21. The third kappa shape index (κ3) is 7.10. The first-order valence-electron chi connectivity index (χ1n) is 8.30. The monoisotopic (exact) mass is 336 g/mol. The number of benzene rings is 1. The third-order valence-electron chi connectivity index (χ3n) is 3.57. The summed E-state index contributed by atoms with van der Waals surface area (Å²) in [5, 5.41) is 2.84. The van der Waals surface area contributed by atoms with Crippen LogP contribution in [0.25, 0.3) is 0 Å². The molecule has 1 aromatic rings. The standard InChI is InChI=1S/C18H28N2O4/c1-4-20(18(22)8-6-14-24-3)16-11-9-15(10-12-16)19-17(21)7-5-13-23-2/h9-12H,4-8,13-14H2,1-3H3,(H,19,21). The minimum Gasteiger partial charge on any atom is -0.385 e. The second-order valence-electron chi connectivity index (χ2n) is 5.43. The largest absolute Gasteiger partial charge is 0.385 e. The first kappa shape index (κ1) is 20.1. The molecular weight excluding hydrogens is 308 g/mol. The van der Waals surface area contributed by atoms with Crippen LogP contribution in [0.15, 0.2) is 24.3 Å². The molecule has 1 rings (SSSR count). The molecule has 0 bridgehead atoms. The number of ether oxygens (including phenoxy) is 2. The normalized spacial score (nSPS) is 10.5. The maximum Gasteiger partial charge on any atom is 0.227 e. The van der Waals surface area contributed by atoms with Gasteiger partial charge in [0.1, 0.15) is 0 Å². The molecule has 1 aromatic carbocycles. The molecule has 0 fully saturated rings. The smallest absolute Gasteiger partial charge is 0.227 e. The van der Waals surface area contributed by atoms with Gasteiger partial charge in [0.25, 0.3) is 0 Å². The van der Waals surface area contributed by atoms with Crippen molar-refractivity contribution >= 4 is 23.2 Å². The predicted octanol–water partition coefficient (Wildman–Crippen LogP) is 2.83. The molecule has 0 atom stereocenters. The van der Waals surface area contributed by atoms with E-state index < -0.39 is 0 Å². The zero-order chi connectivity index (χ0) is 17.8. The van der Waals surface area contributed by atoms with Gasteiger partial charge in [-0.1, -0.05) is 0 Å². The van der Waals surface area contributed by atoms with Crippen molar-refractivity contribution in [3.05, 3.63) is 24.3 Å². The summed E-state index contributed by atoms with van der Waals surface area (Å²) in [4.78, 5) is 25.8. The quantitative estimate of drug-likeness (QED) is 0.631. The van der Waals surface area contributed by atoms with E-state index in [1.54, 1.807) is 19.1 Å². The molecule has 0 radical (unpaired) electrons. The Bertz CT molecular complexity index is 502. The van der Waals surface area contributed by atoms with Crippen molar-refractivity contribution in [2.24, 2.45) is 0 Å². The van der Waals surface area contributed by atoms with Crippen molar-refractivity contribution in [2.45, 2.75) is 32.6 Å². The molecule has 2 amide bonds. The molecule has 6 heteroatoms. The lowest BCUT2D eigenvalue weighted by molar-refractivity contribution is -0.119. The Morgan fingerprint density at radius 3 is 2.12 bits per heavy atom. The molecule has 0 spiro atoms. The summed E-state index contributed by atoms with van der Waals surface area (Å²) < 4.78 is 9.91. The van der Waals surface area contributed by atoms with Gasteiger partial charge in [-0.05, 0) is 44.0 Å². The maximum absolute atomic E-state index is 12.2. The molecule has 0 aromatic heterocycles. The lowest BCUT2D eigenvalue weighted by Crippen LogP contribution is -2.30. The van der Waals surface area contributed by atoms with Crippen LogP contribution >= 0.6 is 0 Å². The maximum atomic E-state index is 12.2. The zero-order valence-corrected chi connectivity index (χ0v) is 14.8. The topological polar surface area (TPSA) is 67.9 Å². The average molecular weight is 336 g/mol. The van der Waals surface area contributed by atoms with Crippen LogP contribution in [0.3, 0.4) is 0 Å². The van der Waals surface area contributed by atoms with Crippen LogP contribution in [-0.2, 0) is 19.1 Å². The summed E-state index contributed by atoms with van der Waals surface area (Å²) in [6.45, 7) is 3.70. The number of hydrogen-bond acceptors (Lipinski definition) is 4. The van der Waals surface area contributed by atoms with Crippen LogP contribution < -0.4 is 10.2 Å². The summed E-state index contributed by atoms with van der Waals surface area (Å²) in [6, 6.07) is 7.33. The van der Waals surface area contributed by atoms with E-state index in [9.17, 15) is 9.59 Å². The van der Waals surface area contributed by atoms with Crippen LogP contribution in [0.2, 0.25) is 0 Å². The molecule has 134 valence electrons. The number of methoxy groups -OCH3 is 2. The molecule has 24 heavy (non-hydrogen) atoms. The van der Waals surface area contributed by atoms with Crippen LogP contribution in [0.5, 0.6) is 0 Å². The van der Waals surface area contributed by atoms with E-state index in [4.69, 9.17) is 9.47 Å². The van der Waals surface area contributed by atoms with E-state index in [-0.39, 0.29) is 11.8 Å². The summed E-state index contributed by atoms with van der Waals surface area (Å²) >= 11 is 0. The fourth-order valence-corrected chi connectivity index (χ4v) is 2.33. The SMILES string of the molecule is CCN(C(=O)CCCOC)c1ccc(NC(=O)CCCOC)cc1. The highest BCUT2D eigenvalue weighted by Gasteiger charge is 2.13. The molecule has 0 saturated carbocycles. The molecule has 6 nitrogen and oxygen atoms in total. The number of carbonyl (C=O) groups excluding carboxylic acids is 2. The zero-order valence-electron chi connectivity index (χ0n) is 14.8. The molecule has 0 heterocycles. The minimum absolute atomic E-state index is 0.0391. The molecule has 0 aliphatic carbocycles. The van der Waals surface area contributed by atoms with Gasteiger partial charge >= 0.3 is 0 Å². The van der Waals surface area contributed by atoms with Gasteiger partial charge in [0, 0.05) is 58.2 Å². The van der Waals surface area contributed by atoms with E-state index in [1.165, 1.54) is 0 Å². The highest BCUT2D eigenvalue weighted by molar-refractivity contribution is 5.94. The van der Waals surface area contributed by atoms with Gasteiger partial charge in [-0.2, -0.15) is 0 Å². The number of rotatable bonds is 11. The Morgan fingerprint density at radius 1 is 1.00 bits per heavy atom. The van der Waals surface area contributed by atoms with E-state index in [2.05, 4.69) is 5.32 Å². The second-order valence-corrected chi connectivity index (χ2v) is 5.43. The molecule has 1 N–H and O–H groups in total. The van der Waals surface area contributed by atoms with Gasteiger partial charge in [0.2, 0.25) is 11.8 Å². The van der Waals surface area contributed by atoms with Gasteiger partial charge in [-0.3, -0.25) is 9.59 Å². The highest BCUT2D eigenvalue weighted by atomic mass is 16.5. The summed E-state index contributed by atoms with van der Waals surface area (Å²) in [6.07, 6.45) is 2.29. The number of carbonyl (C=O) groups is 2. The Labute approximate surface area is 144 Å². The van der Waals surface area contributed by atoms with Gasteiger partial charge in [-0.15, -0.1) is 0 Å². The predicted molar refractivity (Wildman–Crippen MR) is 95.3 cm³/mol. The first-order chi connectivity index (χ1) is 11.6. The van der Waals surface area contributed by atoms with Gasteiger partial charge < -0.3 is 19.7 Å². The summed E-state index contributed by atoms with van der Waals surface area (Å²) in [7, 11) is 3.25. The number of hydrogen-bond donors (Lipinski definition) is 1. The van der Waals surface area contributed by atoms with E-state index in [0.29, 0.717) is 45.4 Å². The van der Waals surface area contributed by atoms with Crippen LogP contribution in [0, 0.1) is 0 Å². The number of anilines is 2. The van der Waals surface area contributed by atoms with E-state index in [0.717, 1.165) is 11.4 Å². The number of nitrogens with zero attached hydrogens (tertiary/aromatic N) is 1. The molecule has 0 aliphatic rings. The van der Waals surface area contributed by atoms with Crippen LogP contribution in [0.1, 0.15) is 32.6 Å². The Hall–Kier alpha value is -1.92. The number of nitrogens with one attached hydrogen (secondary N) is 1. The average Bonchev–Trinajstić information content (AvgIpc) is 2.57. The fraction of sp³-hybridized carbons (Fsp3) is 0.556. The van der Waals surface area contributed by atoms with Crippen molar-refractivity contribution in [2.75, 3.05) is 44.2 Å². The molecular formula is C18H28N2O4. The van der Waals surface area contributed by atoms with Gasteiger partial charge in [-0.25, -0.2) is 0 Å². The second kappa shape index (κ2) is 11.6. The Balaban J connectivity index is 2.57. The third-order valence-corrected chi connectivity index (χ3v) is 3.57. The van der Waals surface area contributed by atoms with Crippen molar-refractivity contribution < 1.29 is 19.1 Å². The first-order valence-corrected chi connectivity index (χ1v) is 8.30. The van der Waals surface area contributed by atoms with Gasteiger partial charge in [0.15, 0.2) is 0 Å².